The quantitative estimate of drug-likeness (QED) is 0.332. The summed E-state index contributed by atoms with van der Waals surface area (Å²) in [7, 11) is 0. The standard InChI is InChI=1S/C11H10N4O3S/c16-7-3-1-6(5-8(7)17)2-4-9(18)12-10-13-11(19)15-14-10/h1-5,16-17H,(H3,12,13,14,15,18,19)/b4-2+. The molecule has 0 atom stereocenters. The highest BCUT2D eigenvalue weighted by atomic mass is 32.1. The Bertz CT molecular complexity index is 689. The van der Waals surface area contributed by atoms with Gasteiger partial charge >= 0.3 is 0 Å². The van der Waals surface area contributed by atoms with Crippen molar-refractivity contribution in [3.63, 3.8) is 0 Å². The molecule has 7 nitrogen and oxygen atoms in total. The summed E-state index contributed by atoms with van der Waals surface area (Å²) < 4.78 is 0.239. The molecule has 0 aliphatic heterocycles. The van der Waals surface area contributed by atoms with Gasteiger partial charge in [-0.3, -0.25) is 20.3 Å². The van der Waals surface area contributed by atoms with Crippen LogP contribution in [0.1, 0.15) is 5.56 Å². The molecular formula is C11H10N4O3S. The zero-order chi connectivity index (χ0) is 13.8. The summed E-state index contributed by atoms with van der Waals surface area (Å²) in [5.41, 5.74) is 0.570. The highest BCUT2D eigenvalue weighted by Gasteiger charge is 2.01. The van der Waals surface area contributed by atoms with Crippen molar-refractivity contribution in [1.82, 2.24) is 15.2 Å². The molecule has 0 bridgehead atoms. The molecule has 1 aromatic heterocycles. The molecule has 19 heavy (non-hydrogen) atoms. The number of phenolic OH excluding ortho intramolecular Hbond substituents is 2. The number of benzene rings is 1. The van der Waals surface area contributed by atoms with Crippen LogP contribution < -0.4 is 5.32 Å². The predicted octanol–water partition coefficient (Wildman–Crippen LogP) is 1.53. The average molecular weight is 278 g/mol. The van der Waals surface area contributed by atoms with Crippen LogP contribution in [-0.2, 0) is 4.79 Å². The monoisotopic (exact) mass is 278 g/mol. The molecule has 2 aromatic rings. The molecule has 0 radical (unpaired) electrons. The zero-order valence-corrected chi connectivity index (χ0v) is 10.4. The van der Waals surface area contributed by atoms with Gasteiger partial charge in [-0.05, 0) is 36.0 Å². The summed E-state index contributed by atoms with van der Waals surface area (Å²) in [6, 6.07) is 4.22. The van der Waals surface area contributed by atoms with Crippen LogP contribution in [0.3, 0.4) is 0 Å². The number of phenols is 2. The van der Waals surface area contributed by atoms with Crippen molar-refractivity contribution in [2.75, 3.05) is 5.32 Å². The van der Waals surface area contributed by atoms with Crippen LogP contribution in [0.25, 0.3) is 6.08 Å². The van der Waals surface area contributed by atoms with Crippen molar-refractivity contribution in [3.8, 4) is 11.5 Å². The van der Waals surface area contributed by atoms with E-state index in [4.69, 9.17) is 17.3 Å². The second kappa shape index (κ2) is 5.36. The normalized spacial score (nSPS) is 10.7. The minimum Gasteiger partial charge on any atom is -0.504 e. The van der Waals surface area contributed by atoms with Gasteiger partial charge in [-0.2, -0.15) is 4.98 Å². The maximum atomic E-state index is 11.5. The van der Waals surface area contributed by atoms with Gasteiger partial charge in [-0.15, -0.1) is 0 Å². The number of rotatable bonds is 3. The fourth-order valence-corrected chi connectivity index (χ4v) is 1.45. The Labute approximate surface area is 112 Å². The zero-order valence-electron chi connectivity index (χ0n) is 9.54. The van der Waals surface area contributed by atoms with E-state index in [9.17, 15) is 9.90 Å². The van der Waals surface area contributed by atoms with Gasteiger partial charge in [0.15, 0.2) is 11.5 Å². The minimum absolute atomic E-state index is 0.216. The van der Waals surface area contributed by atoms with Gasteiger partial charge in [0.1, 0.15) is 0 Å². The van der Waals surface area contributed by atoms with Gasteiger partial charge in [0.25, 0.3) is 5.91 Å². The lowest BCUT2D eigenvalue weighted by atomic mass is 10.2. The molecule has 0 unspecified atom stereocenters. The van der Waals surface area contributed by atoms with Crippen LogP contribution >= 0.6 is 12.2 Å². The lowest BCUT2D eigenvalue weighted by molar-refractivity contribution is -0.111. The lowest BCUT2D eigenvalue weighted by Crippen LogP contribution is -2.08. The Morgan fingerprint density at radius 3 is 2.74 bits per heavy atom. The predicted molar refractivity (Wildman–Crippen MR) is 71.2 cm³/mol. The van der Waals surface area contributed by atoms with Crippen molar-refractivity contribution < 1.29 is 15.0 Å². The van der Waals surface area contributed by atoms with Crippen LogP contribution in [0.15, 0.2) is 24.3 Å². The van der Waals surface area contributed by atoms with E-state index in [2.05, 4.69) is 20.5 Å². The van der Waals surface area contributed by atoms with Crippen molar-refractivity contribution in [2.45, 2.75) is 0 Å². The molecule has 8 heteroatoms. The van der Waals surface area contributed by atoms with Gasteiger partial charge in [0.2, 0.25) is 10.7 Å². The number of hydrogen-bond acceptors (Lipinski definition) is 5. The van der Waals surface area contributed by atoms with E-state index >= 15 is 0 Å². The molecule has 5 N–H and O–H groups in total. The Balaban J connectivity index is 2.03. The number of aromatic nitrogens is 3. The van der Waals surface area contributed by atoms with Crippen LogP contribution in [-0.4, -0.2) is 31.3 Å². The number of aromatic hydroxyl groups is 2. The Hall–Kier alpha value is -2.61. The number of anilines is 1. The van der Waals surface area contributed by atoms with E-state index in [1.807, 2.05) is 0 Å². The van der Waals surface area contributed by atoms with Gasteiger partial charge in [0, 0.05) is 6.08 Å². The van der Waals surface area contributed by atoms with Gasteiger partial charge < -0.3 is 10.2 Å². The molecule has 1 heterocycles. The van der Waals surface area contributed by atoms with Crippen molar-refractivity contribution in [1.29, 1.82) is 0 Å². The molecule has 0 spiro atoms. The maximum absolute atomic E-state index is 11.5. The third-order valence-electron chi connectivity index (χ3n) is 2.17. The van der Waals surface area contributed by atoms with Gasteiger partial charge in [-0.1, -0.05) is 6.07 Å². The van der Waals surface area contributed by atoms with Gasteiger partial charge in [-0.25, -0.2) is 0 Å². The fraction of sp³-hybridized carbons (Fsp3) is 0. The number of hydrogen-bond donors (Lipinski definition) is 5. The molecule has 1 amide bonds. The topological polar surface area (TPSA) is 114 Å². The lowest BCUT2D eigenvalue weighted by Gasteiger charge is -1.98. The highest BCUT2D eigenvalue weighted by molar-refractivity contribution is 7.71. The minimum atomic E-state index is -0.412. The molecule has 0 aliphatic rings. The number of carbonyl (C=O) groups excluding carboxylic acids is 1. The molecule has 2 rings (SSSR count). The fourth-order valence-electron chi connectivity index (χ4n) is 1.30. The molecule has 98 valence electrons. The maximum Gasteiger partial charge on any atom is 0.250 e. The number of aromatic amines is 2. The van der Waals surface area contributed by atoms with Crippen LogP contribution in [0.5, 0.6) is 11.5 Å². The average Bonchev–Trinajstić information content (AvgIpc) is 2.76. The van der Waals surface area contributed by atoms with Crippen LogP contribution in [0.4, 0.5) is 5.95 Å². The first kappa shape index (κ1) is 12.8. The van der Waals surface area contributed by atoms with E-state index in [0.29, 0.717) is 5.56 Å². The summed E-state index contributed by atoms with van der Waals surface area (Å²) in [4.78, 5) is 15.3. The third-order valence-corrected chi connectivity index (χ3v) is 2.36. The smallest absolute Gasteiger partial charge is 0.250 e. The largest absolute Gasteiger partial charge is 0.504 e. The second-order valence-corrected chi connectivity index (χ2v) is 3.97. The molecule has 0 saturated heterocycles. The van der Waals surface area contributed by atoms with E-state index in [0.717, 1.165) is 0 Å². The molecular weight excluding hydrogens is 268 g/mol. The summed E-state index contributed by atoms with van der Waals surface area (Å²) in [6.45, 7) is 0. The van der Waals surface area contributed by atoms with Crippen molar-refractivity contribution in [3.05, 3.63) is 34.6 Å². The first-order chi connectivity index (χ1) is 9.04. The van der Waals surface area contributed by atoms with E-state index in [1.165, 1.54) is 24.3 Å². The molecule has 0 aliphatic carbocycles. The number of nitrogens with one attached hydrogen (secondary N) is 3. The first-order valence-electron chi connectivity index (χ1n) is 5.20. The Morgan fingerprint density at radius 2 is 2.11 bits per heavy atom. The third kappa shape index (κ3) is 3.42. The Morgan fingerprint density at radius 1 is 1.32 bits per heavy atom. The summed E-state index contributed by atoms with van der Waals surface area (Å²) >= 11 is 4.73. The van der Waals surface area contributed by atoms with E-state index < -0.39 is 5.91 Å². The molecule has 0 saturated carbocycles. The number of carbonyl (C=O) groups is 1. The van der Waals surface area contributed by atoms with Crippen LogP contribution in [0.2, 0.25) is 0 Å². The second-order valence-electron chi connectivity index (χ2n) is 3.59. The number of amides is 1. The highest BCUT2D eigenvalue weighted by Crippen LogP contribution is 2.25. The molecule has 0 fully saturated rings. The van der Waals surface area contributed by atoms with E-state index in [-0.39, 0.29) is 22.2 Å². The molecule has 1 aromatic carbocycles. The van der Waals surface area contributed by atoms with Crippen molar-refractivity contribution >= 4 is 30.1 Å². The first-order valence-corrected chi connectivity index (χ1v) is 5.61. The number of H-pyrrole nitrogens is 2. The van der Waals surface area contributed by atoms with Gasteiger partial charge in [0.05, 0.1) is 0 Å². The summed E-state index contributed by atoms with van der Waals surface area (Å²) in [5.74, 6) is -0.664. The van der Waals surface area contributed by atoms with Crippen LogP contribution in [0, 0.1) is 4.77 Å². The van der Waals surface area contributed by atoms with Crippen molar-refractivity contribution in [2.24, 2.45) is 0 Å². The summed E-state index contributed by atoms with van der Waals surface area (Å²) in [5, 5.41) is 26.0. The SMILES string of the molecule is O=C(/C=C/c1ccc(O)c(O)c1)Nc1nc(=S)[nH][nH]1. The van der Waals surface area contributed by atoms with E-state index in [1.54, 1.807) is 6.07 Å². The number of nitrogens with zero attached hydrogens (tertiary/aromatic N) is 1. The Kier molecular flexibility index (Phi) is 3.62. The summed E-state index contributed by atoms with van der Waals surface area (Å²) in [6.07, 6.45) is 2.74.